The number of imidazole rings is 1. The predicted molar refractivity (Wildman–Crippen MR) is 105 cm³/mol. The SMILES string of the molecule is COC(=O)c1ccc(-n2nc(C)c3[nH]c(-c4cnc(N(C)C)nc4)nc32)cc1. The second kappa shape index (κ2) is 6.76. The fourth-order valence-electron chi connectivity index (χ4n) is 2.86. The van der Waals surface area contributed by atoms with Gasteiger partial charge in [-0.15, -0.1) is 0 Å². The van der Waals surface area contributed by atoms with Crippen LogP contribution in [0.4, 0.5) is 5.95 Å². The topological polar surface area (TPSA) is 102 Å². The number of H-pyrrole nitrogens is 1. The molecule has 28 heavy (non-hydrogen) atoms. The van der Waals surface area contributed by atoms with Gasteiger partial charge < -0.3 is 14.6 Å². The molecule has 0 spiro atoms. The summed E-state index contributed by atoms with van der Waals surface area (Å²) < 4.78 is 6.47. The van der Waals surface area contributed by atoms with E-state index in [1.165, 1.54) is 7.11 Å². The van der Waals surface area contributed by atoms with Crippen molar-refractivity contribution in [1.82, 2.24) is 29.7 Å². The first-order valence-corrected chi connectivity index (χ1v) is 8.61. The fourth-order valence-corrected chi connectivity index (χ4v) is 2.86. The molecule has 1 N–H and O–H groups in total. The lowest BCUT2D eigenvalue weighted by Gasteiger charge is -2.08. The highest BCUT2D eigenvalue weighted by Gasteiger charge is 2.16. The lowest BCUT2D eigenvalue weighted by Crippen LogP contribution is -2.12. The fraction of sp³-hybridized carbons (Fsp3) is 0.211. The van der Waals surface area contributed by atoms with Gasteiger partial charge in [0.05, 0.1) is 29.6 Å². The molecule has 4 rings (SSSR count). The number of esters is 1. The van der Waals surface area contributed by atoms with E-state index in [-0.39, 0.29) is 5.97 Å². The van der Waals surface area contributed by atoms with Crippen molar-refractivity contribution >= 4 is 23.1 Å². The van der Waals surface area contributed by atoms with Crippen LogP contribution in [0.15, 0.2) is 36.7 Å². The van der Waals surface area contributed by atoms with E-state index in [1.807, 2.05) is 38.1 Å². The number of ether oxygens (including phenoxy) is 1. The molecule has 0 saturated carbocycles. The number of aromatic nitrogens is 6. The van der Waals surface area contributed by atoms with Gasteiger partial charge in [0.15, 0.2) is 5.65 Å². The Bertz CT molecular complexity index is 1140. The number of methoxy groups -OCH3 is 1. The minimum atomic E-state index is -0.378. The van der Waals surface area contributed by atoms with Gasteiger partial charge in [0.1, 0.15) is 11.3 Å². The number of benzene rings is 1. The molecule has 3 aromatic heterocycles. The number of hydrogen-bond acceptors (Lipinski definition) is 7. The van der Waals surface area contributed by atoms with Gasteiger partial charge in [0.2, 0.25) is 5.95 Å². The van der Waals surface area contributed by atoms with E-state index in [9.17, 15) is 4.79 Å². The van der Waals surface area contributed by atoms with E-state index < -0.39 is 0 Å². The third kappa shape index (κ3) is 2.96. The lowest BCUT2D eigenvalue weighted by molar-refractivity contribution is 0.0600. The number of anilines is 1. The predicted octanol–water partition coefficient (Wildman–Crippen LogP) is 2.37. The number of aryl methyl sites for hydroxylation is 1. The van der Waals surface area contributed by atoms with E-state index in [2.05, 4.69) is 25.0 Å². The maximum atomic E-state index is 11.6. The van der Waals surface area contributed by atoms with Crippen LogP contribution in [-0.4, -0.2) is 56.9 Å². The summed E-state index contributed by atoms with van der Waals surface area (Å²) in [6.45, 7) is 1.91. The van der Waals surface area contributed by atoms with E-state index in [0.717, 1.165) is 22.5 Å². The molecule has 0 saturated heterocycles. The summed E-state index contributed by atoms with van der Waals surface area (Å²) in [6.07, 6.45) is 3.47. The normalized spacial score (nSPS) is 11.0. The molecule has 3 heterocycles. The molecule has 142 valence electrons. The minimum Gasteiger partial charge on any atom is -0.465 e. The third-order valence-electron chi connectivity index (χ3n) is 4.34. The molecule has 0 amide bonds. The zero-order valence-electron chi connectivity index (χ0n) is 16.0. The van der Waals surface area contributed by atoms with Crippen LogP contribution in [-0.2, 0) is 4.74 Å². The molecular weight excluding hydrogens is 358 g/mol. The molecule has 0 aliphatic heterocycles. The quantitative estimate of drug-likeness (QED) is 0.545. The molecule has 0 aliphatic rings. The average Bonchev–Trinajstić information content (AvgIpc) is 3.28. The number of carbonyl (C=O) groups is 1. The van der Waals surface area contributed by atoms with Gasteiger partial charge in [-0.25, -0.2) is 24.4 Å². The van der Waals surface area contributed by atoms with Gasteiger partial charge in [0, 0.05) is 26.5 Å². The van der Waals surface area contributed by atoms with Gasteiger partial charge in [-0.05, 0) is 31.2 Å². The first-order chi connectivity index (χ1) is 13.5. The minimum absolute atomic E-state index is 0.378. The van der Waals surface area contributed by atoms with Crippen LogP contribution in [0, 0.1) is 6.92 Å². The zero-order chi connectivity index (χ0) is 19.8. The number of rotatable bonds is 4. The Morgan fingerprint density at radius 2 is 1.82 bits per heavy atom. The highest BCUT2D eigenvalue weighted by Crippen LogP contribution is 2.24. The second-order valence-corrected chi connectivity index (χ2v) is 6.49. The van der Waals surface area contributed by atoms with Crippen LogP contribution in [0.5, 0.6) is 0 Å². The summed E-state index contributed by atoms with van der Waals surface area (Å²) in [5, 5.41) is 4.56. The van der Waals surface area contributed by atoms with Crippen LogP contribution in [0.1, 0.15) is 16.1 Å². The first-order valence-electron chi connectivity index (χ1n) is 8.61. The molecule has 9 heteroatoms. The van der Waals surface area contributed by atoms with Crippen molar-refractivity contribution in [2.75, 3.05) is 26.1 Å². The Balaban J connectivity index is 1.74. The highest BCUT2D eigenvalue weighted by molar-refractivity contribution is 5.89. The van der Waals surface area contributed by atoms with Crippen LogP contribution < -0.4 is 4.90 Å². The summed E-state index contributed by atoms with van der Waals surface area (Å²) in [5.41, 5.74) is 4.40. The number of fused-ring (bicyclic) bond motifs is 1. The van der Waals surface area contributed by atoms with Gasteiger partial charge in [0.25, 0.3) is 0 Å². The van der Waals surface area contributed by atoms with Crippen LogP contribution >= 0.6 is 0 Å². The second-order valence-electron chi connectivity index (χ2n) is 6.49. The standard InChI is InChI=1S/C19H19N7O2/c1-11-15-17(23-16(22-15)13-9-20-19(21-10-13)25(2)3)26(24-11)14-7-5-12(6-8-14)18(27)28-4/h5-10H,1-4H3,(H,22,23). The van der Waals surface area contributed by atoms with E-state index >= 15 is 0 Å². The molecule has 0 fully saturated rings. The Labute approximate surface area is 161 Å². The lowest BCUT2D eigenvalue weighted by atomic mass is 10.2. The molecule has 0 aliphatic carbocycles. The Hall–Kier alpha value is -3.75. The summed E-state index contributed by atoms with van der Waals surface area (Å²) in [7, 11) is 5.13. The highest BCUT2D eigenvalue weighted by atomic mass is 16.5. The van der Waals surface area contributed by atoms with Crippen LogP contribution in [0.2, 0.25) is 0 Å². The van der Waals surface area contributed by atoms with Gasteiger partial charge in [-0.3, -0.25) is 0 Å². The molecule has 9 nitrogen and oxygen atoms in total. The van der Waals surface area contributed by atoms with E-state index in [4.69, 9.17) is 4.74 Å². The molecule has 0 bridgehead atoms. The van der Waals surface area contributed by atoms with Crippen molar-refractivity contribution in [3.63, 3.8) is 0 Å². The van der Waals surface area contributed by atoms with Gasteiger partial charge in [-0.1, -0.05) is 0 Å². The first kappa shape index (κ1) is 17.7. The molecule has 0 unspecified atom stereocenters. The monoisotopic (exact) mass is 377 g/mol. The zero-order valence-corrected chi connectivity index (χ0v) is 16.0. The Morgan fingerprint density at radius 1 is 1.14 bits per heavy atom. The maximum Gasteiger partial charge on any atom is 0.337 e. The van der Waals surface area contributed by atoms with Gasteiger partial charge >= 0.3 is 5.97 Å². The number of hydrogen-bond donors (Lipinski definition) is 1. The largest absolute Gasteiger partial charge is 0.465 e. The Morgan fingerprint density at radius 3 is 2.43 bits per heavy atom. The van der Waals surface area contributed by atoms with Crippen molar-refractivity contribution in [2.45, 2.75) is 6.92 Å². The average molecular weight is 377 g/mol. The Kier molecular flexibility index (Phi) is 4.26. The molecule has 0 atom stereocenters. The maximum absolute atomic E-state index is 11.6. The van der Waals surface area contributed by atoms with Gasteiger partial charge in [-0.2, -0.15) is 5.10 Å². The number of aromatic amines is 1. The van der Waals surface area contributed by atoms with E-state index in [0.29, 0.717) is 23.0 Å². The summed E-state index contributed by atoms with van der Waals surface area (Å²) in [6, 6.07) is 7.01. The molecule has 0 radical (unpaired) electrons. The summed E-state index contributed by atoms with van der Waals surface area (Å²) >= 11 is 0. The smallest absolute Gasteiger partial charge is 0.337 e. The molecule has 4 aromatic rings. The van der Waals surface area contributed by atoms with Crippen LogP contribution in [0.25, 0.3) is 28.2 Å². The van der Waals surface area contributed by atoms with Crippen LogP contribution in [0.3, 0.4) is 0 Å². The van der Waals surface area contributed by atoms with Crippen molar-refractivity contribution in [3.8, 4) is 17.1 Å². The molecule has 1 aromatic carbocycles. The van der Waals surface area contributed by atoms with Crippen molar-refractivity contribution < 1.29 is 9.53 Å². The van der Waals surface area contributed by atoms with Crippen molar-refractivity contribution in [1.29, 1.82) is 0 Å². The van der Waals surface area contributed by atoms with E-state index in [1.54, 1.807) is 29.2 Å². The number of nitrogens with zero attached hydrogens (tertiary/aromatic N) is 6. The molecular formula is C19H19N7O2. The van der Waals surface area contributed by atoms with Crippen molar-refractivity contribution in [3.05, 3.63) is 47.9 Å². The number of carbonyl (C=O) groups excluding carboxylic acids is 1. The number of nitrogens with one attached hydrogen (secondary N) is 1. The third-order valence-corrected chi connectivity index (χ3v) is 4.34. The summed E-state index contributed by atoms with van der Waals surface area (Å²) in [4.78, 5) is 30.1. The summed E-state index contributed by atoms with van der Waals surface area (Å²) in [5.74, 6) is 0.921. The van der Waals surface area contributed by atoms with Crippen molar-refractivity contribution in [2.24, 2.45) is 0 Å².